The van der Waals surface area contributed by atoms with E-state index in [1.807, 2.05) is 0 Å². The van der Waals surface area contributed by atoms with Gasteiger partial charge in [0.15, 0.2) is 6.29 Å². The van der Waals surface area contributed by atoms with Crippen molar-refractivity contribution in [3.05, 3.63) is 16.3 Å². The number of sulfonamides is 1. The fourth-order valence-electron chi connectivity index (χ4n) is 3.79. The highest BCUT2D eigenvalue weighted by Crippen LogP contribution is 2.31. The van der Waals surface area contributed by atoms with Crippen LogP contribution in [-0.4, -0.2) is 80.7 Å². The first-order chi connectivity index (χ1) is 13.1. The van der Waals surface area contributed by atoms with E-state index in [9.17, 15) is 13.2 Å². The summed E-state index contributed by atoms with van der Waals surface area (Å²) in [4.78, 5) is 15.4. The van der Waals surface area contributed by atoms with Crippen molar-refractivity contribution >= 4 is 39.0 Å². The molecule has 7 nitrogen and oxygen atoms in total. The monoisotopic (exact) mass is 432 g/mol. The number of carbonyl (C=O) groups excluding carboxylic acids is 1. The summed E-state index contributed by atoms with van der Waals surface area (Å²) < 4.78 is 38.8. The summed E-state index contributed by atoms with van der Waals surface area (Å²) in [7, 11) is -3.63. The van der Waals surface area contributed by atoms with Crippen LogP contribution in [0.15, 0.2) is 16.3 Å². The number of carbonyl (C=O) groups is 1. The summed E-state index contributed by atoms with van der Waals surface area (Å²) in [5.74, 6) is 1.53. The maximum Gasteiger partial charge on any atom is 0.265 e. The molecule has 0 saturated carbocycles. The normalized spacial score (nSPS) is 25.8. The second-order valence-electron chi connectivity index (χ2n) is 6.89. The fraction of sp³-hybridized carbons (Fsp3) is 0.706. The van der Waals surface area contributed by atoms with E-state index in [1.165, 1.54) is 15.6 Å². The number of hydrogen-bond donors (Lipinski definition) is 0. The molecule has 4 rings (SSSR count). The van der Waals surface area contributed by atoms with E-state index in [-0.39, 0.29) is 23.0 Å². The molecule has 1 atom stereocenters. The molecule has 1 amide bonds. The third-order valence-electron chi connectivity index (χ3n) is 5.19. The molecular formula is C17H24N2O5S3. The van der Waals surface area contributed by atoms with Gasteiger partial charge in [0, 0.05) is 43.6 Å². The van der Waals surface area contributed by atoms with Crippen molar-refractivity contribution in [2.45, 2.75) is 24.0 Å². The molecule has 1 aromatic heterocycles. The van der Waals surface area contributed by atoms with E-state index < -0.39 is 10.0 Å². The highest BCUT2D eigenvalue weighted by atomic mass is 32.2. The molecule has 0 aliphatic carbocycles. The molecule has 27 heavy (non-hydrogen) atoms. The predicted octanol–water partition coefficient (Wildman–Crippen LogP) is 1.71. The van der Waals surface area contributed by atoms with Gasteiger partial charge in [0.1, 0.15) is 9.77 Å². The molecule has 0 aromatic carbocycles. The molecule has 1 aromatic rings. The van der Waals surface area contributed by atoms with Gasteiger partial charge in [-0.05, 0) is 24.3 Å². The molecule has 4 heterocycles. The van der Waals surface area contributed by atoms with Gasteiger partial charge in [-0.3, -0.25) is 4.79 Å². The Balaban J connectivity index is 1.52. The van der Waals surface area contributed by atoms with Gasteiger partial charge in [0.05, 0.1) is 13.2 Å². The summed E-state index contributed by atoms with van der Waals surface area (Å²) in [6, 6.07) is 1.57. The largest absolute Gasteiger partial charge is 0.350 e. The summed E-state index contributed by atoms with van der Waals surface area (Å²) in [5, 5.41) is 1.70. The van der Waals surface area contributed by atoms with Crippen LogP contribution in [0.25, 0.3) is 0 Å². The zero-order valence-electron chi connectivity index (χ0n) is 15.0. The van der Waals surface area contributed by atoms with Crippen LogP contribution in [-0.2, 0) is 19.5 Å². The number of amides is 1. The molecule has 3 fully saturated rings. The van der Waals surface area contributed by atoms with Gasteiger partial charge in [-0.1, -0.05) is 0 Å². The van der Waals surface area contributed by atoms with Crippen LogP contribution in [0.4, 0.5) is 0 Å². The topological polar surface area (TPSA) is 76.2 Å². The first-order valence-corrected chi connectivity index (χ1v) is 12.7. The molecule has 0 radical (unpaired) electrons. The lowest BCUT2D eigenvalue weighted by molar-refractivity contribution is -0.0969. The van der Waals surface area contributed by atoms with Gasteiger partial charge >= 0.3 is 0 Å². The van der Waals surface area contributed by atoms with Crippen LogP contribution in [0.1, 0.15) is 22.5 Å². The Labute approximate surface area is 168 Å². The first kappa shape index (κ1) is 19.7. The van der Waals surface area contributed by atoms with Gasteiger partial charge in [-0.25, -0.2) is 8.42 Å². The lowest BCUT2D eigenvalue weighted by Crippen LogP contribution is -2.44. The van der Waals surface area contributed by atoms with Gasteiger partial charge < -0.3 is 14.4 Å². The molecule has 3 aliphatic rings. The SMILES string of the molecule is O=C(c1sccc1S(=O)(=O)N1CCSCC1)N1CCCC(C2OCCO2)C1. The summed E-state index contributed by atoms with van der Waals surface area (Å²) >= 11 is 2.97. The van der Waals surface area contributed by atoms with Crippen LogP contribution in [0.2, 0.25) is 0 Å². The molecule has 0 bridgehead atoms. The number of thioether (sulfide) groups is 1. The molecular weight excluding hydrogens is 408 g/mol. The van der Waals surface area contributed by atoms with E-state index in [2.05, 4.69) is 0 Å². The van der Waals surface area contributed by atoms with E-state index in [4.69, 9.17) is 9.47 Å². The van der Waals surface area contributed by atoms with E-state index in [0.29, 0.717) is 44.3 Å². The molecule has 0 N–H and O–H groups in total. The van der Waals surface area contributed by atoms with E-state index in [0.717, 1.165) is 24.3 Å². The predicted molar refractivity (Wildman–Crippen MR) is 105 cm³/mol. The number of thiophene rings is 1. The van der Waals surface area contributed by atoms with Gasteiger partial charge in [0.2, 0.25) is 10.0 Å². The Morgan fingerprint density at radius 2 is 1.89 bits per heavy atom. The molecule has 3 saturated heterocycles. The quantitative estimate of drug-likeness (QED) is 0.721. The molecule has 150 valence electrons. The lowest BCUT2D eigenvalue weighted by atomic mass is 9.97. The maximum atomic E-state index is 13.1. The summed E-state index contributed by atoms with van der Waals surface area (Å²) in [6.45, 7) is 3.37. The number of likely N-dealkylation sites (tertiary alicyclic amines) is 1. The smallest absolute Gasteiger partial charge is 0.265 e. The van der Waals surface area contributed by atoms with Crippen LogP contribution in [0, 0.1) is 5.92 Å². The lowest BCUT2D eigenvalue weighted by Gasteiger charge is -2.34. The van der Waals surface area contributed by atoms with E-state index >= 15 is 0 Å². The highest BCUT2D eigenvalue weighted by molar-refractivity contribution is 7.99. The Kier molecular flexibility index (Phi) is 6.10. The Bertz CT molecular complexity index is 769. The minimum atomic E-state index is -3.63. The first-order valence-electron chi connectivity index (χ1n) is 9.25. The zero-order chi connectivity index (χ0) is 18.9. The third-order valence-corrected chi connectivity index (χ3v) is 9.10. The molecule has 3 aliphatic heterocycles. The van der Waals surface area contributed by atoms with Crippen LogP contribution in [0.3, 0.4) is 0 Å². The number of piperidine rings is 1. The number of rotatable bonds is 4. The second-order valence-corrected chi connectivity index (χ2v) is 10.9. The molecule has 1 unspecified atom stereocenters. The van der Waals surface area contributed by atoms with Gasteiger partial charge in [0.25, 0.3) is 5.91 Å². The minimum absolute atomic E-state index is 0.143. The van der Waals surface area contributed by atoms with Crippen molar-refractivity contribution in [3.8, 4) is 0 Å². The number of nitrogens with zero attached hydrogens (tertiary/aromatic N) is 2. The number of ether oxygens (including phenoxy) is 2. The van der Waals surface area contributed by atoms with E-state index in [1.54, 1.807) is 28.1 Å². The minimum Gasteiger partial charge on any atom is -0.350 e. The molecule has 0 spiro atoms. The average molecular weight is 433 g/mol. The fourth-order valence-corrected chi connectivity index (χ4v) is 7.73. The Morgan fingerprint density at radius 1 is 1.15 bits per heavy atom. The van der Waals surface area contributed by atoms with Crippen LogP contribution >= 0.6 is 23.1 Å². The summed E-state index contributed by atoms with van der Waals surface area (Å²) in [6.07, 6.45) is 1.57. The zero-order valence-corrected chi connectivity index (χ0v) is 17.5. The standard InChI is InChI=1S/C17H24N2O5S3/c20-16(18-4-1-2-13(12-18)17-23-7-8-24-17)15-14(3-9-26-15)27(21,22)19-5-10-25-11-6-19/h3,9,13,17H,1-2,4-8,10-12H2. The Morgan fingerprint density at radius 3 is 2.63 bits per heavy atom. The van der Waals surface area contributed by atoms with Crippen LogP contribution < -0.4 is 0 Å². The van der Waals surface area contributed by atoms with Crippen LogP contribution in [0.5, 0.6) is 0 Å². The Hall–Kier alpha value is -0.650. The van der Waals surface area contributed by atoms with Crippen molar-refractivity contribution in [1.82, 2.24) is 9.21 Å². The summed E-state index contributed by atoms with van der Waals surface area (Å²) in [5.41, 5.74) is 0. The maximum absolute atomic E-state index is 13.1. The van der Waals surface area contributed by atoms with Crippen molar-refractivity contribution in [2.24, 2.45) is 5.92 Å². The van der Waals surface area contributed by atoms with Gasteiger partial charge in [-0.2, -0.15) is 16.1 Å². The number of hydrogen-bond acceptors (Lipinski definition) is 7. The third kappa shape index (κ3) is 4.06. The highest BCUT2D eigenvalue weighted by Gasteiger charge is 2.36. The second kappa shape index (κ2) is 8.38. The molecule has 10 heteroatoms. The van der Waals surface area contributed by atoms with Crippen molar-refractivity contribution in [2.75, 3.05) is 50.9 Å². The van der Waals surface area contributed by atoms with Crippen molar-refractivity contribution in [3.63, 3.8) is 0 Å². The van der Waals surface area contributed by atoms with Gasteiger partial charge in [-0.15, -0.1) is 11.3 Å². The van der Waals surface area contributed by atoms with Crippen molar-refractivity contribution in [1.29, 1.82) is 0 Å². The average Bonchev–Trinajstić information content (AvgIpc) is 3.40. The van der Waals surface area contributed by atoms with Crippen molar-refractivity contribution < 1.29 is 22.7 Å².